The topological polar surface area (TPSA) is 260 Å². The maximum atomic E-state index is 13.8. The number of anilines is 3. The molecule has 0 saturated heterocycles. The van der Waals surface area contributed by atoms with E-state index in [1.54, 1.807) is 140 Å². The van der Waals surface area contributed by atoms with E-state index in [9.17, 15) is 63.7 Å². The Kier molecular flexibility index (Phi) is 23.5. The molecule has 0 bridgehead atoms. The molecule has 0 radical (unpaired) electrons. The maximum absolute atomic E-state index is 13.8. The molecule has 0 aromatic heterocycles. The highest BCUT2D eigenvalue weighted by atomic mass is 32.2. The molecular weight excluding hydrogens is 1200 g/mol. The van der Waals surface area contributed by atoms with E-state index in [0.717, 1.165) is 70.8 Å². The Morgan fingerprint density at radius 3 is 1.16 bits per heavy atom. The van der Waals surface area contributed by atoms with Gasteiger partial charge in [-0.2, -0.15) is 0 Å². The Morgan fingerprint density at radius 1 is 0.393 bits per heavy atom. The number of aryl methyl sites for hydroxylation is 7. The molecule has 0 spiro atoms. The fraction of sp³-hybridized carbons (Fsp3) is 0.162. The van der Waals surface area contributed by atoms with Gasteiger partial charge < -0.3 is 20.1 Å². The molecule has 89 heavy (non-hydrogen) atoms. The minimum absolute atomic E-state index is 0.109. The molecule has 0 aliphatic rings. The van der Waals surface area contributed by atoms with Crippen LogP contribution >= 0.6 is 0 Å². The summed E-state index contributed by atoms with van der Waals surface area (Å²) in [6.07, 6.45) is 6.28. The van der Waals surface area contributed by atoms with E-state index in [0.29, 0.717) is 66.8 Å². The van der Waals surface area contributed by atoms with E-state index in [1.165, 1.54) is 31.4 Å². The van der Waals surface area contributed by atoms with Crippen LogP contribution in [0.5, 0.6) is 5.75 Å². The fourth-order valence-corrected chi connectivity index (χ4v) is 12.7. The Balaban J connectivity index is 0.000000190. The van der Waals surface area contributed by atoms with Gasteiger partial charge in [0.25, 0.3) is 30.1 Å². The number of carboxylic acid groups (broad SMARTS) is 3. The summed E-state index contributed by atoms with van der Waals surface area (Å²) in [5, 5.41) is 27.9. The first-order chi connectivity index (χ1) is 42.5. The van der Waals surface area contributed by atoms with Crippen molar-refractivity contribution in [3.05, 3.63) is 280 Å². The fourth-order valence-electron chi connectivity index (χ4n) is 9.41. The Labute approximate surface area is 516 Å². The molecular formula is C68H65F2N3O13S3. The zero-order valence-corrected chi connectivity index (χ0v) is 50.9. The molecule has 0 amide bonds. The van der Waals surface area contributed by atoms with E-state index in [4.69, 9.17) is 4.74 Å². The van der Waals surface area contributed by atoms with Crippen LogP contribution in [0.1, 0.15) is 89.8 Å². The second-order valence-electron chi connectivity index (χ2n) is 20.3. The van der Waals surface area contributed by atoms with Crippen LogP contribution in [0.25, 0.3) is 0 Å². The van der Waals surface area contributed by atoms with Crippen molar-refractivity contribution in [1.82, 2.24) is 0 Å². The molecule has 0 aliphatic carbocycles. The zero-order chi connectivity index (χ0) is 64.1. The van der Waals surface area contributed by atoms with Gasteiger partial charge in [0.2, 0.25) is 0 Å². The van der Waals surface area contributed by atoms with Gasteiger partial charge in [-0.1, -0.05) is 129 Å². The standard InChI is InChI=1S/C25H27NO4S.C22H21NO5S.C21H17F2NO4S/c1-2-3-7-19-13-16-23(17-14-19)31(29,30)26-22-10-6-8-20(18-22)12-15-21-9-4-5-11-24(21)25(27)28;1-28-19-9-5-10-20(15-19)29(26,27)23-18-8-4-6-16(14-18)12-13-17-7-2-3-11-21(17)22(24)25;22-18-9-4-10-19(23)20(18)29(27,28)24-16-7-3-5-14(13-16)11-12-15-6-1-2-8-17(15)21(25)26/h4-6,8-11,13-14,16-18,26H,2-3,7,12,15H2,1H3,(H,27,28);2-11,14-15,23H,12-13H2,1H3,(H,24,25);1-10,13,24H,11-12H2,(H,25,26). The smallest absolute Gasteiger partial charge is 0.335 e. The predicted molar refractivity (Wildman–Crippen MR) is 339 cm³/mol. The number of rotatable bonds is 25. The number of nitrogens with one attached hydrogen (secondary N) is 3. The number of hydrogen-bond donors (Lipinski definition) is 6. The highest BCUT2D eigenvalue weighted by Gasteiger charge is 2.24. The van der Waals surface area contributed by atoms with Gasteiger partial charge in [0, 0.05) is 23.1 Å². The van der Waals surface area contributed by atoms with Crippen LogP contribution in [0.15, 0.2) is 227 Å². The van der Waals surface area contributed by atoms with E-state index in [-0.39, 0.29) is 26.6 Å². The summed E-state index contributed by atoms with van der Waals surface area (Å²) in [5.74, 6) is -4.83. The minimum Gasteiger partial charge on any atom is -0.497 e. The zero-order valence-electron chi connectivity index (χ0n) is 48.5. The van der Waals surface area contributed by atoms with Crippen LogP contribution in [0.2, 0.25) is 0 Å². The maximum Gasteiger partial charge on any atom is 0.335 e. The third kappa shape index (κ3) is 19.4. The number of carboxylic acids is 3. The number of hydrogen-bond acceptors (Lipinski definition) is 10. The third-order valence-corrected chi connectivity index (χ3v) is 18.1. The lowest BCUT2D eigenvalue weighted by Gasteiger charge is -2.11. The van der Waals surface area contributed by atoms with Crippen molar-refractivity contribution in [1.29, 1.82) is 0 Å². The van der Waals surface area contributed by atoms with Crippen molar-refractivity contribution in [3.8, 4) is 5.75 Å². The summed E-state index contributed by atoms with van der Waals surface area (Å²) in [5.41, 5.74) is 7.69. The average molecular weight is 1270 g/mol. The molecule has 9 aromatic carbocycles. The number of unbranched alkanes of at least 4 members (excludes halogenated alkanes) is 1. The number of methoxy groups -OCH3 is 1. The summed E-state index contributed by atoms with van der Waals surface area (Å²) in [7, 11) is -10.4. The second-order valence-corrected chi connectivity index (χ2v) is 25.3. The number of ether oxygens (including phenoxy) is 1. The van der Waals surface area contributed by atoms with Gasteiger partial charge in [0.1, 0.15) is 17.4 Å². The Morgan fingerprint density at radius 2 is 0.764 bits per heavy atom. The van der Waals surface area contributed by atoms with Gasteiger partial charge in [0.15, 0.2) is 4.90 Å². The summed E-state index contributed by atoms with van der Waals surface area (Å²) in [6.45, 7) is 2.13. The molecule has 462 valence electrons. The lowest BCUT2D eigenvalue weighted by atomic mass is 10.00. The van der Waals surface area contributed by atoms with Gasteiger partial charge in [-0.05, 0) is 181 Å². The molecule has 0 saturated carbocycles. The van der Waals surface area contributed by atoms with Crippen molar-refractivity contribution < 1.29 is 68.5 Å². The van der Waals surface area contributed by atoms with E-state index in [2.05, 4.69) is 21.1 Å². The van der Waals surface area contributed by atoms with Crippen LogP contribution in [0, 0.1) is 11.6 Å². The Hall–Kier alpha value is -9.70. The normalized spacial score (nSPS) is 11.2. The molecule has 9 aromatic rings. The van der Waals surface area contributed by atoms with Crippen LogP contribution < -0.4 is 18.9 Å². The summed E-state index contributed by atoms with van der Waals surface area (Å²) in [6, 6.07) is 57.1. The molecule has 0 unspecified atom stereocenters. The predicted octanol–water partition coefficient (Wildman–Crippen LogP) is 13.5. The summed E-state index contributed by atoms with van der Waals surface area (Å²) in [4.78, 5) is 33.3. The van der Waals surface area contributed by atoms with Crippen molar-refractivity contribution in [3.63, 3.8) is 0 Å². The van der Waals surface area contributed by atoms with E-state index < -0.39 is 64.5 Å². The van der Waals surface area contributed by atoms with Crippen LogP contribution in [-0.4, -0.2) is 65.6 Å². The molecule has 0 fully saturated rings. The first-order valence-electron chi connectivity index (χ1n) is 28.0. The lowest BCUT2D eigenvalue weighted by Crippen LogP contribution is -2.16. The number of halogens is 2. The van der Waals surface area contributed by atoms with Crippen molar-refractivity contribution in [2.45, 2.75) is 79.4 Å². The van der Waals surface area contributed by atoms with Crippen molar-refractivity contribution in [2.75, 3.05) is 21.3 Å². The largest absolute Gasteiger partial charge is 0.497 e. The van der Waals surface area contributed by atoms with Gasteiger partial charge in [-0.25, -0.2) is 48.4 Å². The van der Waals surface area contributed by atoms with Crippen molar-refractivity contribution in [2.24, 2.45) is 0 Å². The van der Waals surface area contributed by atoms with E-state index >= 15 is 0 Å². The summed E-state index contributed by atoms with van der Waals surface area (Å²) >= 11 is 0. The number of aromatic carboxylic acids is 3. The summed E-state index contributed by atoms with van der Waals surface area (Å²) < 4.78 is 116. The number of sulfonamides is 3. The van der Waals surface area contributed by atoms with Gasteiger partial charge >= 0.3 is 17.9 Å². The minimum atomic E-state index is -4.45. The van der Waals surface area contributed by atoms with Crippen LogP contribution in [0.4, 0.5) is 25.8 Å². The first-order valence-corrected chi connectivity index (χ1v) is 32.5. The molecule has 21 heteroatoms. The second kappa shape index (κ2) is 31.3. The van der Waals surface area contributed by atoms with Gasteiger partial charge in [0.05, 0.1) is 33.6 Å². The highest BCUT2D eigenvalue weighted by molar-refractivity contribution is 7.93. The Bertz CT molecular complexity index is 4280. The quantitative estimate of drug-likeness (QED) is 0.0311. The SMILES string of the molecule is CCCCc1ccc(S(=O)(=O)Nc2cccc(CCc3ccccc3C(=O)O)c2)cc1.COc1cccc(S(=O)(=O)Nc2cccc(CCc3ccccc3C(=O)O)c2)c1.O=C(O)c1ccccc1CCc1cccc(NS(=O)(=O)c2c(F)cccc2F)c1. The molecule has 6 N–H and O–H groups in total. The first kappa shape index (κ1) is 66.8. The lowest BCUT2D eigenvalue weighted by molar-refractivity contribution is 0.0684. The van der Waals surface area contributed by atoms with Crippen molar-refractivity contribution >= 4 is 65.0 Å². The van der Waals surface area contributed by atoms with Crippen LogP contribution in [-0.2, 0) is 75.0 Å². The molecule has 0 atom stereocenters. The van der Waals surface area contributed by atoms with Gasteiger partial charge in [-0.15, -0.1) is 0 Å². The molecule has 0 aliphatic heterocycles. The monoisotopic (exact) mass is 1270 g/mol. The number of carbonyl (C=O) groups is 3. The molecule has 0 heterocycles. The third-order valence-electron chi connectivity index (χ3n) is 13.9. The van der Waals surface area contributed by atoms with Gasteiger partial charge in [-0.3, -0.25) is 14.2 Å². The highest BCUT2D eigenvalue weighted by Crippen LogP contribution is 2.26. The molecule has 16 nitrogen and oxygen atoms in total. The number of benzene rings is 9. The van der Waals surface area contributed by atoms with Crippen LogP contribution in [0.3, 0.4) is 0 Å². The molecule has 9 rings (SSSR count). The average Bonchev–Trinajstić information content (AvgIpc) is 3.51. The van der Waals surface area contributed by atoms with E-state index in [1.807, 2.05) is 30.3 Å².